The predicted molar refractivity (Wildman–Crippen MR) is 79.2 cm³/mol. The van der Waals surface area contributed by atoms with Gasteiger partial charge in [0, 0.05) is 18.2 Å². The number of anilines is 1. The highest BCUT2D eigenvalue weighted by atomic mass is 15.1. The second-order valence-corrected chi connectivity index (χ2v) is 5.94. The van der Waals surface area contributed by atoms with Gasteiger partial charge < -0.3 is 10.2 Å². The molecule has 0 bridgehead atoms. The highest BCUT2D eigenvalue weighted by molar-refractivity contribution is 5.57. The first-order valence-electron chi connectivity index (χ1n) is 7.18. The van der Waals surface area contributed by atoms with Crippen molar-refractivity contribution in [1.29, 1.82) is 0 Å². The smallest absolute Gasteiger partial charge is 0.0376 e. The van der Waals surface area contributed by atoms with E-state index in [2.05, 4.69) is 55.4 Å². The van der Waals surface area contributed by atoms with Crippen LogP contribution in [0.1, 0.15) is 38.2 Å². The largest absolute Gasteiger partial charge is 0.384 e. The Labute approximate surface area is 111 Å². The summed E-state index contributed by atoms with van der Waals surface area (Å²) in [5.41, 5.74) is 2.85. The lowest BCUT2D eigenvalue weighted by atomic mass is 9.98. The normalized spacial score (nSPS) is 18.2. The van der Waals surface area contributed by atoms with E-state index in [0.29, 0.717) is 5.92 Å². The molecule has 2 heteroatoms. The van der Waals surface area contributed by atoms with E-state index in [-0.39, 0.29) is 0 Å². The van der Waals surface area contributed by atoms with Crippen LogP contribution in [0, 0.1) is 5.92 Å². The highest BCUT2D eigenvalue weighted by Gasteiger charge is 2.21. The first kappa shape index (κ1) is 13.4. The van der Waals surface area contributed by atoms with Gasteiger partial charge in [0.25, 0.3) is 0 Å². The zero-order chi connectivity index (χ0) is 13.0. The van der Waals surface area contributed by atoms with E-state index < -0.39 is 0 Å². The Bertz CT molecular complexity index is 373. The van der Waals surface area contributed by atoms with Gasteiger partial charge in [-0.05, 0) is 50.5 Å². The molecule has 1 aliphatic heterocycles. The standard InChI is InChI=1S/C16H26N2/c1-13(2)8-10-18(3)11-9-14-12-17-16-7-5-4-6-15(14)16/h4-7,13-14,17H,8-12H2,1-3H3. The molecule has 1 aliphatic rings. The number of hydrogen-bond donors (Lipinski definition) is 1. The lowest BCUT2D eigenvalue weighted by Crippen LogP contribution is -2.23. The molecular weight excluding hydrogens is 220 g/mol. The van der Waals surface area contributed by atoms with E-state index in [9.17, 15) is 0 Å². The molecule has 0 amide bonds. The summed E-state index contributed by atoms with van der Waals surface area (Å²) in [6.07, 6.45) is 2.56. The Morgan fingerprint density at radius 2 is 2.06 bits per heavy atom. The van der Waals surface area contributed by atoms with E-state index >= 15 is 0 Å². The van der Waals surface area contributed by atoms with Crippen molar-refractivity contribution in [3.63, 3.8) is 0 Å². The summed E-state index contributed by atoms with van der Waals surface area (Å²) in [6.45, 7) is 8.13. The molecule has 0 fully saturated rings. The molecule has 0 saturated heterocycles. The van der Waals surface area contributed by atoms with Crippen LogP contribution in [0.2, 0.25) is 0 Å². The second kappa shape index (κ2) is 6.24. The molecule has 1 N–H and O–H groups in total. The van der Waals surface area contributed by atoms with Crippen molar-refractivity contribution in [1.82, 2.24) is 4.90 Å². The number of nitrogens with one attached hydrogen (secondary N) is 1. The third kappa shape index (κ3) is 3.49. The summed E-state index contributed by atoms with van der Waals surface area (Å²) in [5, 5.41) is 3.51. The molecule has 0 aliphatic carbocycles. The van der Waals surface area contributed by atoms with Crippen LogP contribution in [0.15, 0.2) is 24.3 Å². The minimum absolute atomic E-state index is 0.697. The molecule has 1 aromatic rings. The van der Waals surface area contributed by atoms with Crippen molar-refractivity contribution in [2.24, 2.45) is 5.92 Å². The molecule has 1 aromatic carbocycles. The number of benzene rings is 1. The predicted octanol–water partition coefficient (Wildman–Crippen LogP) is 3.56. The highest BCUT2D eigenvalue weighted by Crippen LogP contribution is 2.33. The Balaban J connectivity index is 1.78. The minimum atomic E-state index is 0.697. The average molecular weight is 246 g/mol. The molecule has 1 heterocycles. The van der Waals surface area contributed by atoms with Gasteiger partial charge in [-0.2, -0.15) is 0 Å². The van der Waals surface area contributed by atoms with Crippen LogP contribution in [-0.4, -0.2) is 31.6 Å². The molecule has 0 spiro atoms. The van der Waals surface area contributed by atoms with Crippen LogP contribution in [0.25, 0.3) is 0 Å². The molecular formula is C16H26N2. The van der Waals surface area contributed by atoms with E-state index in [4.69, 9.17) is 0 Å². The van der Waals surface area contributed by atoms with Gasteiger partial charge in [0.2, 0.25) is 0 Å². The van der Waals surface area contributed by atoms with Gasteiger partial charge in [-0.25, -0.2) is 0 Å². The van der Waals surface area contributed by atoms with Crippen molar-refractivity contribution in [3.05, 3.63) is 29.8 Å². The maximum atomic E-state index is 3.51. The van der Waals surface area contributed by atoms with Gasteiger partial charge in [0.1, 0.15) is 0 Å². The van der Waals surface area contributed by atoms with Crippen molar-refractivity contribution >= 4 is 5.69 Å². The molecule has 18 heavy (non-hydrogen) atoms. The molecule has 1 unspecified atom stereocenters. The fraction of sp³-hybridized carbons (Fsp3) is 0.625. The molecule has 100 valence electrons. The maximum absolute atomic E-state index is 3.51. The van der Waals surface area contributed by atoms with Crippen LogP contribution in [0.5, 0.6) is 0 Å². The summed E-state index contributed by atoms with van der Waals surface area (Å²) in [6, 6.07) is 8.73. The maximum Gasteiger partial charge on any atom is 0.0376 e. The van der Waals surface area contributed by atoms with Gasteiger partial charge in [-0.15, -0.1) is 0 Å². The lowest BCUT2D eigenvalue weighted by Gasteiger charge is -2.20. The van der Waals surface area contributed by atoms with Crippen molar-refractivity contribution in [2.75, 3.05) is 32.0 Å². The van der Waals surface area contributed by atoms with Gasteiger partial charge in [-0.1, -0.05) is 32.0 Å². The van der Waals surface area contributed by atoms with Crippen molar-refractivity contribution in [3.8, 4) is 0 Å². The first-order chi connectivity index (χ1) is 8.66. The van der Waals surface area contributed by atoms with Gasteiger partial charge in [0.05, 0.1) is 0 Å². The molecule has 1 atom stereocenters. The van der Waals surface area contributed by atoms with E-state index in [1.807, 2.05) is 0 Å². The second-order valence-electron chi connectivity index (χ2n) is 5.94. The summed E-state index contributed by atoms with van der Waals surface area (Å²) in [5.74, 6) is 1.50. The topological polar surface area (TPSA) is 15.3 Å². The minimum Gasteiger partial charge on any atom is -0.384 e. The number of rotatable bonds is 6. The van der Waals surface area contributed by atoms with Crippen molar-refractivity contribution in [2.45, 2.75) is 32.6 Å². The summed E-state index contributed by atoms with van der Waals surface area (Å²) in [7, 11) is 2.25. The monoisotopic (exact) mass is 246 g/mol. The number of nitrogens with zero attached hydrogens (tertiary/aromatic N) is 1. The summed E-state index contributed by atoms with van der Waals surface area (Å²) < 4.78 is 0. The molecule has 0 saturated carbocycles. The van der Waals surface area contributed by atoms with E-state index in [1.54, 1.807) is 0 Å². The fourth-order valence-electron chi connectivity index (χ4n) is 2.58. The molecule has 0 radical (unpaired) electrons. The zero-order valence-corrected chi connectivity index (χ0v) is 11.9. The van der Waals surface area contributed by atoms with Crippen LogP contribution < -0.4 is 5.32 Å². The third-order valence-corrected chi connectivity index (χ3v) is 3.89. The van der Waals surface area contributed by atoms with Crippen LogP contribution in [0.3, 0.4) is 0 Å². The molecule has 2 rings (SSSR count). The first-order valence-corrected chi connectivity index (χ1v) is 7.18. The van der Waals surface area contributed by atoms with Crippen LogP contribution in [-0.2, 0) is 0 Å². The SMILES string of the molecule is CC(C)CCN(C)CCC1CNc2ccccc21. The van der Waals surface area contributed by atoms with Gasteiger partial charge >= 0.3 is 0 Å². The fourth-order valence-corrected chi connectivity index (χ4v) is 2.58. The Morgan fingerprint density at radius 3 is 2.83 bits per heavy atom. The summed E-state index contributed by atoms with van der Waals surface area (Å²) in [4.78, 5) is 2.47. The number of hydrogen-bond acceptors (Lipinski definition) is 2. The third-order valence-electron chi connectivity index (χ3n) is 3.89. The number of para-hydroxylation sites is 1. The van der Waals surface area contributed by atoms with E-state index in [1.165, 1.54) is 37.2 Å². The van der Waals surface area contributed by atoms with Crippen LogP contribution in [0.4, 0.5) is 5.69 Å². The Morgan fingerprint density at radius 1 is 1.28 bits per heavy atom. The Hall–Kier alpha value is -1.02. The molecule has 2 nitrogen and oxygen atoms in total. The summed E-state index contributed by atoms with van der Waals surface area (Å²) >= 11 is 0. The quantitative estimate of drug-likeness (QED) is 0.825. The average Bonchev–Trinajstić information content (AvgIpc) is 2.77. The molecule has 0 aromatic heterocycles. The van der Waals surface area contributed by atoms with Gasteiger partial charge in [0.15, 0.2) is 0 Å². The zero-order valence-electron chi connectivity index (χ0n) is 11.9. The number of fused-ring (bicyclic) bond motifs is 1. The van der Waals surface area contributed by atoms with Gasteiger partial charge in [-0.3, -0.25) is 0 Å². The van der Waals surface area contributed by atoms with E-state index in [0.717, 1.165) is 12.5 Å². The van der Waals surface area contributed by atoms with Crippen molar-refractivity contribution < 1.29 is 0 Å². The van der Waals surface area contributed by atoms with Crippen LogP contribution >= 0.6 is 0 Å². The Kier molecular flexibility index (Phi) is 4.65. The lowest BCUT2D eigenvalue weighted by molar-refractivity contribution is 0.300.